The summed E-state index contributed by atoms with van der Waals surface area (Å²) >= 11 is 0. The molecule has 0 aliphatic carbocycles. The molecule has 174 valence electrons. The van der Waals surface area contributed by atoms with E-state index in [0.717, 1.165) is 0 Å². The molecule has 9 heteroatoms. The maximum Gasteiger partial charge on any atom is 0.383 e. The monoisotopic (exact) mass is 456 g/mol. The average Bonchev–Trinajstić information content (AvgIpc) is 3.44. The van der Waals surface area contributed by atoms with Crippen LogP contribution in [0.1, 0.15) is 20.7 Å². The number of rotatable bonds is 2. The van der Waals surface area contributed by atoms with Crippen LogP contribution in [0.25, 0.3) is 0 Å². The zero-order chi connectivity index (χ0) is 25.1. The molecule has 3 rings (SSSR count). The number of benzene rings is 2. The Bertz CT molecular complexity index is 1000. The average molecular weight is 456 g/mol. The van der Waals surface area contributed by atoms with Crippen LogP contribution in [0.5, 0.6) is 11.5 Å². The van der Waals surface area contributed by atoms with Crippen molar-refractivity contribution in [3.63, 3.8) is 0 Å². The number of para-hydroxylation sites is 1. The third kappa shape index (κ3) is 12.6. The van der Waals surface area contributed by atoms with Crippen LogP contribution in [-0.4, -0.2) is 49.5 Å². The molecule has 0 fully saturated rings. The quantitative estimate of drug-likeness (QED) is 0.257. The Morgan fingerprint density at radius 1 is 0.818 bits per heavy atom. The van der Waals surface area contributed by atoms with E-state index in [1.54, 1.807) is 42.7 Å². The highest BCUT2D eigenvalue weighted by atomic mass is 16.5. The first-order valence-electron chi connectivity index (χ1n) is 9.06. The minimum absolute atomic E-state index is 0.0562. The topological polar surface area (TPSA) is 132 Å². The van der Waals surface area contributed by atoms with Gasteiger partial charge >= 0.3 is 17.9 Å². The van der Waals surface area contributed by atoms with E-state index in [1.807, 2.05) is 12.1 Å². The molecular formula is C24H24O9. The third-order valence-electron chi connectivity index (χ3n) is 3.31. The minimum Gasteiger partial charge on any atom is -0.508 e. The van der Waals surface area contributed by atoms with Gasteiger partial charge < -0.3 is 28.8 Å². The lowest BCUT2D eigenvalue weighted by atomic mass is 10.2. The maximum atomic E-state index is 10.9. The molecule has 0 amide bonds. The molecule has 1 aromatic heterocycles. The van der Waals surface area contributed by atoms with Crippen LogP contribution in [0.4, 0.5) is 0 Å². The van der Waals surface area contributed by atoms with Crippen molar-refractivity contribution in [3.05, 3.63) is 84.3 Å². The third-order valence-corrected chi connectivity index (χ3v) is 3.31. The standard InChI is InChI=1S/2C8H8O3.C4H4O2.C4H4O/c1-11-8(10)6-3-2-4-7(9)5-6;1-11-8(10)6-4-2-3-5-7(6)9;1-3-4(5)6-2;1-2-4-5-3-1/h2*2-5,9H,1H3;1H,2H3;1-4H. The molecule has 1 heterocycles. The Morgan fingerprint density at radius 2 is 1.42 bits per heavy atom. The van der Waals surface area contributed by atoms with Gasteiger partial charge in [-0.15, -0.1) is 6.42 Å². The summed E-state index contributed by atoms with van der Waals surface area (Å²) in [5.41, 5.74) is 0.544. The minimum atomic E-state index is -0.630. The zero-order valence-electron chi connectivity index (χ0n) is 18.3. The summed E-state index contributed by atoms with van der Waals surface area (Å²) in [5, 5.41) is 18.1. The molecule has 0 atom stereocenters. The van der Waals surface area contributed by atoms with Crippen molar-refractivity contribution in [2.75, 3.05) is 21.3 Å². The van der Waals surface area contributed by atoms with E-state index in [2.05, 4.69) is 25.1 Å². The van der Waals surface area contributed by atoms with Crippen LogP contribution < -0.4 is 0 Å². The Labute approximate surface area is 191 Å². The second-order valence-corrected chi connectivity index (χ2v) is 5.48. The Hall–Kier alpha value is -4.71. The summed E-state index contributed by atoms with van der Waals surface area (Å²) in [5.74, 6) is 0.162. The Morgan fingerprint density at radius 3 is 1.82 bits per heavy atom. The lowest BCUT2D eigenvalue weighted by molar-refractivity contribution is -0.133. The van der Waals surface area contributed by atoms with Gasteiger partial charge in [-0.25, -0.2) is 14.4 Å². The summed E-state index contributed by atoms with van der Waals surface area (Å²) in [7, 11) is 3.81. The number of phenolic OH excluding ortho intramolecular Hbond substituents is 2. The number of terminal acetylenes is 1. The SMILES string of the molecule is C#CC(=O)OC.COC(=O)c1cccc(O)c1.COC(=O)c1ccccc1O.c1ccoc1. The maximum absolute atomic E-state index is 10.9. The molecule has 9 nitrogen and oxygen atoms in total. The van der Waals surface area contributed by atoms with E-state index in [-0.39, 0.29) is 17.1 Å². The molecular weight excluding hydrogens is 432 g/mol. The molecule has 0 aliphatic rings. The highest BCUT2D eigenvalue weighted by Crippen LogP contribution is 2.15. The lowest BCUT2D eigenvalue weighted by Gasteiger charge is -1.99. The number of carbonyl (C=O) groups excluding carboxylic acids is 3. The Kier molecular flexibility index (Phi) is 14.6. The van der Waals surface area contributed by atoms with Gasteiger partial charge in [0.25, 0.3) is 0 Å². The van der Waals surface area contributed by atoms with E-state index >= 15 is 0 Å². The number of furan rings is 1. The van der Waals surface area contributed by atoms with E-state index in [4.69, 9.17) is 10.2 Å². The predicted molar refractivity (Wildman–Crippen MR) is 118 cm³/mol. The number of phenols is 2. The number of hydrogen-bond donors (Lipinski definition) is 2. The second-order valence-electron chi connectivity index (χ2n) is 5.48. The number of aromatic hydroxyl groups is 2. The van der Waals surface area contributed by atoms with E-state index in [1.165, 1.54) is 45.6 Å². The fraction of sp³-hybridized carbons (Fsp3) is 0.125. The van der Waals surface area contributed by atoms with Gasteiger partial charge in [0.1, 0.15) is 17.1 Å². The van der Waals surface area contributed by atoms with E-state index in [0.29, 0.717) is 5.56 Å². The van der Waals surface area contributed by atoms with Crippen molar-refractivity contribution in [3.8, 4) is 23.8 Å². The fourth-order valence-electron chi connectivity index (χ4n) is 1.79. The first-order valence-corrected chi connectivity index (χ1v) is 9.06. The first-order chi connectivity index (χ1) is 15.8. The van der Waals surface area contributed by atoms with Crippen molar-refractivity contribution in [1.82, 2.24) is 0 Å². The summed E-state index contributed by atoms with van der Waals surface area (Å²) < 4.78 is 17.5. The van der Waals surface area contributed by atoms with Gasteiger partial charge in [-0.2, -0.15) is 0 Å². The summed E-state index contributed by atoms with van der Waals surface area (Å²) in [4.78, 5) is 31.4. The molecule has 2 aromatic carbocycles. The summed E-state index contributed by atoms with van der Waals surface area (Å²) in [6.45, 7) is 0. The molecule has 0 spiro atoms. The van der Waals surface area contributed by atoms with Crippen molar-refractivity contribution < 1.29 is 43.2 Å². The smallest absolute Gasteiger partial charge is 0.383 e. The molecule has 33 heavy (non-hydrogen) atoms. The predicted octanol–water partition coefficient (Wildman–Crippen LogP) is 3.43. The number of hydrogen-bond acceptors (Lipinski definition) is 9. The van der Waals surface area contributed by atoms with Crippen LogP contribution >= 0.6 is 0 Å². The van der Waals surface area contributed by atoms with Gasteiger partial charge in [-0.1, -0.05) is 18.2 Å². The van der Waals surface area contributed by atoms with E-state index < -0.39 is 17.9 Å². The fourth-order valence-corrected chi connectivity index (χ4v) is 1.79. The number of carbonyl (C=O) groups is 3. The number of esters is 3. The van der Waals surface area contributed by atoms with Crippen molar-refractivity contribution >= 4 is 17.9 Å². The number of methoxy groups -OCH3 is 3. The van der Waals surface area contributed by atoms with Crippen LogP contribution in [0.2, 0.25) is 0 Å². The normalized spacial score (nSPS) is 8.42. The van der Waals surface area contributed by atoms with Gasteiger partial charge in [0, 0.05) is 5.92 Å². The molecule has 0 bridgehead atoms. The van der Waals surface area contributed by atoms with Gasteiger partial charge in [0.2, 0.25) is 0 Å². The van der Waals surface area contributed by atoms with E-state index in [9.17, 15) is 14.4 Å². The van der Waals surface area contributed by atoms with Gasteiger partial charge in [-0.3, -0.25) is 0 Å². The van der Waals surface area contributed by atoms with Gasteiger partial charge in [0.15, 0.2) is 0 Å². The lowest BCUT2D eigenvalue weighted by Crippen LogP contribution is -2.00. The summed E-state index contributed by atoms with van der Waals surface area (Å²) in [6, 6.07) is 15.9. The molecule has 3 aromatic rings. The molecule has 0 aliphatic heterocycles. The molecule has 0 saturated carbocycles. The number of ether oxygens (including phenoxy) is 3. The van der Waals surface area contributed by atoms with Crippen LogP contribution in [0.3, 0.4) is 0 Å². The van der Waals surface area contributed by atoms with Crippen LogP contribution in [0, 0.1) is 12.3 Å². The van der Waals surface area contributed by atoms with Gasteiger partial charge in [0.05, 0.1) is 39.4 Å². The van der Waals surface area contributed by atoms with Gasteiger partial charge in [-0.05, 0) is 42.5 Å². The van der Waals surface area contributed by atoms with Crippen molar-refractivity contribution in [1.29, 1.82) is 0 Å². The largest absolute Gasteiger partial charge is 0.508 e. The van der Waals surface area contributed by atoms with Crippen molar-refractivity contribution in [2.24, 2.45) is 0 Å². The molecule has 2 N–H and O–H groups in total. The zero-order valence-corrected chi connectivity index (χ0v) is 18.3. The van der Waals surface area contributed by atoms with Crippen LogP contribution in [-0.2, 0) is 19.0 Å². The van der Waals surface area contributed by atoms with Crippen LogP contribution in [0.15, 0.2) is 77.6 Å². The van der Waals surface area contributed by atoms with Crippen molar-refractivity contribution in [2.45, 2.75) is 0 Å². The molecule has 0 radical (unpaired) electrons. The highest BCUT2D eigenvalue weighted by molar-refractivity contribution is 5.92. The molecule has 0 unspecified atom stereocenters. The molecule has 0 saturated heterocycles. The highest BCUT2D eigenvalue weighted by Gasteiger charge is 2.08. The first kappa shape index (κ1) is 28.3. The Balaban J connectivity index is 0.000000436. The second kappa shape index (κ2) is 17.0. The summed E-state index contributed by atoms with van der Waals surface area (Å²) in [6.07, 6.45) is 7.81.